The molecule has 1 aliphatic rings. The van der Waals surface area contributed by atoms with E-state index in [0.29, 0.717) is 17.4 Å². The van der Waals surface area contributed by atoms with Gasteiger partial charge in [0, 0.05) is 31.4 Å². The molecule has 1 atom stereocenters. The van der Waals surface area contributed by atoms with Crippen LogP contribution in [0.3, 0.4) is 0 Å². The van der Waals surface area contributed by atoms with Crippen LogP contribution in [0.1, 0.15) is 19.8 Å². The molecule has 110 valence electrons. The van der Waals surface area contributed by atoms with E-state index >= 15 is 0 Å². The third kappa shape index (κ3) is 3.39. The van der Waals surface area contributed by atoms with Crippen molar-refractivity contribution in [3.8, 4) is 5.75 Å². The topological polar surface area (TPSA) is 73.6 Å². The summed E-state index contributed by atoms with van der Waals surface area (Å²) in [7, 11) is 1.55. The van der Waals surface area contributed by atoms with E-state index in [1.807, 2.05) is 0 Å². The quantitative estimate of drug-likeness (QED) is 0.663. The van der Waals surface area contributed by atoms with Gasteiger partial charge in [-0.25, -0.2) is 0 Å². The van der Waals surface area contributed by atoms with E-state index in [0.717, 1.165) is 26.1 Å². The zero-order valence-corrected chi connectivity index (χ0v) is 11.8. The Hall–Kier alpha value is -1.82. The Morgan fingerprint density at radius 1 is 1.45 bits per heavy atom. The van der Waals surface area contributed by atoms with Gasteiger partial charge in [0.2, 0.25) is 0 Å². The van der Waals surface area contributed by atoms with Gasteiger partial charge in [-0.2, -0.15) is 0 Å². The molecule has 0 amide bonds. The number of nitro groups is 1. The van der Waals surface area contributed by atoms with Gasteiger partial charge in [-0.3, -0.25) is 10.1 Å². The summed E-state index contributed by atoms with van der Waals surface area (Å²) in [4.78, 5) is 10.7. The van der Waals surface area contributed by atoms with Crippen molar-refractivity contribution >= 4 is 11.4 Å². The Balaban J connectivity index is 2.15. The van der Waals surface area contributed by atoms with E-state index in [2.05, 4.69) is 12.2 Å². The highest BCUT2D eigenvalue weighted by molar-refractivity contribution is 5.64. The molecule has 1 saturated heterocycles. The predicted molar refractivity (Wildman–Crippen MR) is 76.3 cm³/mol. The third-order valence-electron chi connectivity index (χ3n) is 3.76. The van der Waals surface area contributed by atoms with E-state index in [-0.39, 0.29) is 16.7 Å². The SMILES string of the molecule is COc1ccc([N+](=O)[O-])c(NC(C)C2CCOCC2)c1. The molecule has 0 aliphatic carbocycles. The molecule has 1 fully saturated rings. The van der Waals surface area contributed by atoms with Gasteiger partial charge in [0.25, 0.3) is 5.69 Å². The van der Waals surface area contributed by atoms with Crippen LogP contribution < -0.4 is 10.1 Å². The first-order valence-corrected chi connectivity index (χ1v) is 6.78. The van der Waals surface area contributed by atoms with Crippen molar-refractivity contribution in [1.82, 2.24) is 0 Å². The Morgan fingerprint density at radius 2 is 2.15 bits per heavy atom. The normalized spacial score (nSPS) is 17.5. The molecule has 2 rings (SSSR count). The molecule has 0 bridgehead atoms. The van der Waals surface area contributed by atoms with Gasteiger partial charge in [0.1, 0.15) is 11.4 Å². The molecule has 1 aromatic carbocycles. The Labute approximate surface area is 118 Å². The average Bonchev–Trinajstić information content (AvgIpc) is 2.47. The van der Waals surface area contributed by atoms with Gasteiger partial charge in [-0.15, -0.1) is 0 Å². The van der Waals surface area contributed by atoms with E-state index in [1.54, 1.807) is 19.2 Å². The molecule has 0 saturated carbocycles. The molecule has 1 heterocycles. The summed E-state index contributed by atoms with van der Waals surface area (Å²) >= 11 is 0. The van der Waals surface area contributed by atoms with Crippen LogP contribution in [-0.4, -0.2) is 31.3 Å². The van der Waals surface area contributed by atoms with Crippen LogP contribution in [0.5, 0.6) is 5.75 Å². The molecule has 0 aromatic heterocycles. The van der Waals surface area contributed by atoms with Crippen LogP contribution in [0.25, 0.3) is 0 Å². The number of nitro benzene ring substituents is 1. The number of benzene rings is 1. The largest absolute Gasteiger partial charge is 0.497 e. The number of hydrogen-bond donors (Lipinski definition) is 1. The van der Waals surface area contributed by atoms with Crippen LogP contribution in [-0.2, 0) is 4.74 Å². The number of nitrogens with zero attached hydrogens (tertiary/aromatic N) is 1. The lowest BCUT2D eigenvalue weighted by atomic mass is 9.92. The number of rotatable bonds is 5. The first kappa shape index (κ1) is 14.6. The molecular weight excluding hydrogens is 260 g/mol. The summed E-state index contributed by atoms with van der Waals surface area (Å²) in [6, 6.07) is 4.90. The monoisotopic (exact) mass is 280 g/mol. The maximum atomic E-state index is 11.1. The minimum atomic E-state index is -0.377. The summed E-state index contributed by atoms with van der Waals surface area (Å²) in [5.74, 6) is 1.08. The lowest BCUT2D eigenvalue weighted by Gasteiger charge is -2.29. The van der Waals surface area contributed by atoms with Crippen molar-refractivity contribution in [1.29, 1.82) is 0 Å². The highest BCUT2D eigenvalue weighted by Crippen LogP contribution is 2.31. The number of anilines is 1. The van der Waals surface area contributed by atoms with Crippen molar-refractivity contribution in [3.05, 3.63) is 28.3 Å². The molecule has 1 N–H and O–H groups in total. The van der Waals surface area contributed by atoms with Crippen LogP contribution in [0.15, 0.2) is 18.2 Å². The molecule has 0 radical (unpaired) electrons. The summed E-state index contributed by atoms with van der Waals surface area (Å²) in [6.45, 7) is 3.58. The first-order chi connectivity index (χ1) is 9.61. The second-order valence-corrected chi connectivity index (χ2v) is 5.02. The Kier molecular flexibility index (Phi) is 4.79. The highest BCUT2D eigenvalue weighted by Gasteiger charge is 2.23. The van der Waals surface area contributed by atoms with Crippen molar-refractivity contribution in [2.75, 3.05) is 25.6 Å². The van der Waals surface area contributed by atoms with Gasteiger partial charge in [0.15, 0.2) is 0 Å². The standard InChI is InChI=1S/C14H20N2O4/c1-10(11-5-7-20-8-6-11)15-13-9-12(19-2)3-4-14(13)16(17)18/h3-4,9-11,15H,5-8H2,1-2H3. The predicted octanol–water partition coefficient (Wildman–Crippen LogP) is 2.83. The minimum Gasteiger partial charge on any atom is -0.497 e. The number of hydrogen-bond acceptors (Lipinski definition) is 5. The van der Waals surface area contributed by atoms with Crippen LogP contribution in [0.4, 0.5) is 11.4 Å². The lowest BCUT2D eigenvalue weighted by Crippen LogP contribution is -2.31. The van der Waals surface area contributed by atoms with Crippen LogP contribution >= 0.6 is 0 Å². The van der Waals surface area contributed by atoms with Gasteiger partial charge >= 0.3 is 0 Å². The fraction of sp³-hybridized carbons (Fsp3) is 0.571. The molecule has 1 aliphatic heterocycles. The Morgan fingerprint density at radius 3 is 2.75 bits per heavy atom. The lowest BCUT2D eigenvalue weighted by molar-refractivity contribution is -0.384. The molecule has 6 heteroatoms. The fourth-order valence-corrected chi connectivity index (χ4v) is 2.50. The zero-order valence-electron chi connectivity index (χ0n) is 11.8. The number of methoxy groups -OCH3 is 1. The van der Waals surface area contributed by atoms with Gasteiger partial charge in [0.05, 0.1) is 12.0 Å². The van der Waals surface area contributed by atoms with E-state index < -0.39 is 0 Å². The smallest absolute Gasteiger partial charge is 0.292 e. The average molecular weight is 280 g/mol. The molecule has 0 spiro atoms. The van der Waals surface area contributed by atoms with E-state index in [1.165, 1.54) is 6.07 Å². The summed E-state index contributed by atoms with van der Waals surface area (Å²) in [6.07, 6.45) is 1.96. The van der Waals surface area contributed by atoms with Gasteiger partial charge in [-0.05, 0) is 31.7 Å². The van der Waals surface area contributed by atoms with E-state index in [9.17, 15) is 10.1 Å². The van der Waals surface area contributed by atoms with Crippen LogP contribution in [0.2, 0.25) is 0 Å². The molecule has 20 heavy (non-hydrogen) atoms. The van der Waals surface area contributed by atoms with Gasteiger partial charge < -0.3 is 14.8 Å². The summed E-state index contributed by atoms with van der Waals surface area (Å²) in [5, 5.41) is 14.3. The van der Waals surface area contributed by atoms with Crippen molar-refractivity contribution in [3.63, 3.8) is 0 Å². The maximum Gasteiger partial charge on any atom is 0.292 e. The highest BCUT2D eigenvalue weighted by atomic mass is 16.6. The summed E-state index contributed by atoms with van der Waals surface area (Å²) < 4.78 is 10.5. The molecule has 1 aromatic rings. The van der Waals surface area contributed by atoms with Crippen molar-refractivity contribution < 1.29 is 14.4 Å². The minimum absolute atomic E-state index is 0.0738. The fourth-order valence-electron chi connectivity index (χ4n) is 2.50. The second-order valence-electron chi connectivity index (χ2n) is 5.02. The zero-order chi connectivity index (χ0) is 14.5. The summed E-state index contributed by atoms with van der Waals surface area (Å²) in [5.41, 5.74) is 0.582. The molecular formula is C14H20N2O4. The van der Waals surface area contributed by atoms with Crippen molar-refractivity contribution in [2.45, 2.75) is 25.8 Å². The van der Waals surface area contributed by atoms with Gasteiger partial charge in [-0.1, -0.05) is 0 Å². The number of nitrogens with one attached hydrogen (secondary N) is 1. The van der Waals surface area contributed by atoms with Crippen molar-refractivity contribution in [2.24, 2.45) is 5.92 Å². The maximum absolute atomic E-state index is 11.1. The van der Waals surface area contributed by atoms with Crippen LogP contribution in [0, 0.1) is 16.0 Å². The number of ether oxygens (including phenoxy) is 2. The Bertz CT molecular complexity index is 472. The molecule has 6 nitrogen and oxygen atoms in total. The first-order valence-electron chi connectivity index (χ1n) is 6.78. The third-order valence-corrected chi connectivity index (χ3v) is 3.76. The molecule has 1 unspecified atom stereocenters. The second kappa shape index (κ2) is 6.56. The van der Waals surface area contributed by atoms with E-state index in [4.69, 9.17) is 9.47 Å².